The summed E-state index contributed by atoms with van der Waals surface area (Å²) in [6.45, 7) is 11.0. The Morgan fingerprint density at radius 2 is 1.77 bits per heavy atom. The van der Waals surface area contributed by atoms with Crippen molar-refractivity contribution in [2.75, 3.05) is 0 Å². The Hall–Kier alpha value is -0.690. The van der Waals surface area contributed by atoms with Gasteiger partial charge in [0.2, 0.25) is 0 Å². The molecule has 6 nitrogen and oxygen atoms in total. The van der Waals surface area contributed by atoms with Crippen LogP contribution in [0, 0.1) is 11.3 Å². The molecule has 1 heterocycles. The molecule has 2 N–H and O–H groups in total. The number of carbonyl (C=O) groups excluding carboxylic acids is 1. The van der Waals surface area contributed by atoms with Gasteiger partial charge in [-0.15, -0.1) is 0 Å². The second-order valence-electron chi connectivity index (χ2n) is 8.05. The highest BCUT2D eigenvalue weighted by Gasteiger charge is 2.59. The van der Waals surface area contributed by atoms with Crippen molar-refractivity contribution < 1.29 is 29.2 Å². The van der Waals surface area contributed by atoms with Crippen molar-refractivity contribution in [3.63, 3.8) is 0 Å². The van der Waals surface area contributed by atoms with Crippen molar-refractivity contribution in [2.24, 2.45) is 11.3 Å². The van der Waals surface area contributed by atoms with Gasteiger partial charge >= 0.3 is 5.97 Å². The quantitative estimate of drug-likeness (QED) is 0.762. The molecular weight excluding hydrogens is 288 g/mol. The van der Waals surface area contributed by atoms with E-state index in [4.69, 9.17) is 14.2 Å². The first-order chi connectivity index (χ1) is 9.92. The zero-order valence-electron chi connectivity index (χ0n) is 14.2. The summed E-state index contributed by atoms with van der Waals surface area (Å²) in [6, 6.07) is 0. The van der Waals surface area contributed by atoms with Crippen LogP contribution >= 0.6 is 0 Å². The van der Waals surface area contributed by atoms with Crippen LogP contribution in [0.15, 0.2) is 0 Å². The van der Waals surface area contributed by atoms with Crippen molar-refractivity contribution in [1.82, 2.24) is 0 Å². The van der Waals surface area contributed by atoms with E-state index in [1.807, 2.05) is 20.8 Å². The van der Waals surface area contributed by atoms with Gasteiger partial charge in [-0.1, -0.05) is 13.8 Å². The lowest BCUT2D eigenvalue weighted by atomic mass is 9.92. The average molecular weight is 316 g/mol. The third-order valence-corrected chi connectivity index (χ3v) is 4.34. The smallest absolute Gasteiger partial charge is 0.303 e. The topological polar surface area (TPSA) is 85.2 Å². The maximum absolute atomic E-state index is 11.3. The number of rotatable bonds is 3. The zero-order valence-corrected chi connectivity index (χ0v) is 14.2. The van der Waals surface area contributed by atoms with Gasteiger partial charge in [0.05, 0.1) is 11.7 Å². The predicted octanol–water partition coefficient (Wildman–Crippen LogP) is 1.23. The molecule has 1 aliphatic carbocycles. The fourth-order valence-electron chi connectivity index (χ4n) is 3.02. The minimum absolute atomic E-state index is 0.0753. The van der Waals surface area contributed by atoms with Crippen LogP contribution in [0.5, 0.6) is 0 Å². The van der Waals surface area contributed by atoms with E-state index in [1.54, 1.807) is 0 Å². The van der Waals surface area contributed by atoms with Gasteiger partial charge in [-0.2, -0.15) is 0 Å². The van der Waals surface area contributed by atoms with Gasteiger partial charge in [-0.05, 0) is 38.5 Å². The van der Waals surface area contributed by atoms with E-state index in [0.29, 0.717) is 0 Å². The molecule has 2 aliphatic rings. The Kier molecular flexibility index (Phi) is 4.61. The lowest BCUT2D eigenvalue weighted by molar-refractivity contribution is -0.323. The maximum atomic E-state index is 11.3. The summed E-state index contributed by atoms with van der Waals surface area (Å²) >= 11 is 0. The Labute approximate surface area is 131 Å². The lowest BCUT2D eigenvalue weighted by Gasteiger charge is -2.44. The van der Waals surface area contributed by atoms with Crippen LogP contribution < -0.4 is 0 Å². The maximum Gasteiger partial charge on any atom is 0.303 e. The molecule has 2 fully saturated rings. The number of hydrogen-bond donors (Lipinski definition) is 2. The summed E-state index contributed by atoms with van der Waals surface area (Å²) in [6.07, 6.45) is -3.87. The molecule has 1 saturated carbocycles. The first-order valence-electron chi connectivity index (χ1n) is 7.79. The standard InChI is InChI=1S/C16H28O6/c1-8(17)20-13-11(19)10(18)12(9-7-16(9,5)6)21-14(13)22-15(2,3)4/h9-14,18-19H,7H2,1-6H3. The van der Waals surface area contributed by atoms with E-state index in [1.165, 1.54) is 6.92 Å². The first-order valence-corrected chi connectivity index (χ1v) is 7.79. The molecule has 0 amide bonds. The van der Waals surface area contributed by atoms with Crippen molar-refractivity contribution in [3.05, 3.63) is 0 Å². The first kappa shape index (κ1) is 17.7. The molecule has 6 atom stereocenters. The molecular formula is C16H28O6. The normalized spacial score (nSPS) is 41.1. The molecule has 128 valence electrons. The van der Waals surface area contributed by atoms with E-state index in [-0.39, 0.29) is 11.3 Å². The predicted molar refractivity (Wildman–Crippen MR) is 79.0 cm³/mol. The van der Waals surface area contributed by atoms with Gasteiger partial charge in [0.15, 0.2) is 12.4 Å². The van der Waals surface area contributed by atoms with Crippen LogP contribution in [0.4, 0.5) is 0 Å². The summed E-state index contributed by atoms with van der Waals surface area (Å²) in [5.74, 6) is -0.394. The van der Waals surface area contributed by atoms with Crippen LogP contribution in [0.25, 0.3) is 0 Å². The number of aliphatic hydroxyl groups excluding tert-OH is 2. The van der Waals surface area contributed by atoms with Crippen LogP contribution in [0.1, 0.15) is 48.0 Å². The van der Waals surface area contributed by atoms with Gasteiger partial charge in [0.1, 0.15) is 12.2 Å². The third-order valence-electron chi connectivity index (χ3n) is 4.34. The van der Waals surface area contributed by atoms with Crippen LogP contribution in [0.2, 0.25) is 0 Å². The van der Waals surface area contributed by atoms with Gasteiger partial charge in [0.25, 0.3) is 0 Å². The number of hydrogen-bond acceptors (Lipinski definition) is 6. The average Bonchev–Trinajstić information content (AvgIpc) is 2.95. The van der Waals surface area contributed by atoms with Gasteiger partial charge in [0, 0.05) is 6.92 Å². The molecule has 6 heteroatoms. The molecule has 1 aliphatic heterocycles. The number of carbonyl (C=O) groups is 1. The SMILES string of the molecule is CC(=O)OC1C(OC(C)(C)C)OC(C2CC2(C)C)C(O)C1O. The molecule has 0 radical (unpaired) electrons. The number of ether oxygens (including phenoxy) is 3. The van der Waals surface area contributed by atoms with Crippen molar-refractivity contribution in [2.45, 2.75) is 84.3 Å². The van der Waals surface area contributed by atoms with E-state index >= 15 is 0 Å². The monoisotopic (exact) mass is 316 g/mol. The van der Waals surface area contributed by atoms with E-state index in [9.17, 15) is 15.0 Å². The highest BCUT2D eigenvalue weighted by molar-refractivity contribution is 5.66. The van der Waals surface area contributed by atoms with Gasteiger partial charge in [-0.3, -0.25) is 4.79 Å². The summed E-state index contributed by atoms with van der Waals surface area (Å²) in [4.78, 5) is 11.3. The summed E-state index contributed by atoms with van der Waals surface area (Å²) < 4.78 is 16.9. The molecule has 6 unspecified atom stereocenters. The van der Waals surface area contributed by atoms with E-state index in [0.717, 1.165) is 6.42 Å². The lowest BCUT2D eigenvalue weighted by Crippen LogP contribution is -2.61. The zero-order chi connectivity index (χ0) is 16.9. The van der Waals surface area contributed by atoms with E-state index < -0.39 is 42.3 Å². The highest BCUT2D eigenvalue weighted by Crippen LogP contribution is 2.56. The highest BCUT2D eigenvalue weighted by atomic mass is 16.7. The molecule has 1 saturated heterocycles. The second kappa shape index (κ2) is 5.74. The van der Waals surface area contributed by atoms with Crippen LogP contribution in [-0.2, 0) is 19.0 Å². The Morgan fingerprint density at radius 1 is 1.23 bits per heavy atom. The Balaban J connectivity index is 2.19. The van der Waals surface area contributed by atoms with Crippen molar-refractivity contribution in [3.8, 4) is 0 Å². The van der Waals surface area contributed by atoms with Gasteiger partial charge < -0.3 is 24.4 Å². The van der Waals surface area contributed by atoms with Crippen molar-refractivity contribution >= 4 is 5.97 Å². The minimum atomic E-state index is -1.23. The molecule has 0 spiro atoms. The molecule has 0 bridgehead atoms. The summed E-state index contributed by atoms with van der Waals surface area (Å²) in [7, 11) is 0. The Bertz CT molecular complexity index is 427. The molecule has 0 aromatic carbocycles. The number of esters is 1. The number of aliphatic hydroxyl groups is 2. The second-order valence-corrected chi connectivity index (χ2v) is 8.05. The summed E-state index contributed by atoms with van der Waals surface area (Å²) in [5, 5.41) is 20.7. The molecule has 0 aromatic rings. The van der Waals surface area contributed by atoms with Gasteiger partial charge in [-0.25, -0.2) is 0 Å². The molecule has 2 rings (SSSR count). The molecule has 0 aromatic heterocycles. The fraction of sp³-hybridized carbons (Fsp3) is 0.938. The Morgan fingerprint density at radius 3 is 2.18 bits per heavy atom. The van der Waals surface area contributed by atoms with Crippen LogP contribution in [-0.4, -0.2) is 52.5 Å². The third kappa shape index (κ3) is 3.79. The minimum Gasteiger partial charge on any atom is -0.454 e. The fourth-order valence-corrected chi connectivity index (χ4v) is 3.02. The van der Waals surface area contributed by atoms with Crippen LogP contribution in [0.3, 0.4) is 0 Å². The largest absolute Gasteiger partial charge is 0.454 e. The molecule has 22 heavy (non-hydrogen) atoms. The van der Waals surface area contributed by atoms with Crippen molar-refractivity contribution in [1.29, 1.82) is 0 Å². The van der Waals surface area contributed by atoms with E-state index in [2.05, 4.69) is 13.8 Å². The summed E-state index contributed by atoms with van der Waals surface area (Å²) in [5.41, 5.74) is -0.458.